The Morgan fingerprint density at radius 3 is 2.22 bits per heavy atom. The minimum absolute atomic E-state index is 0. The van der Waals surface area contributed by atoms with E-state index >= 15 is 0 Å². The molecule has 0 radical (unpaired) electrons. The van der Waals surface area contributed by atoms with E-state index in [4.69, 9.17) is 5.73 Å². The summed E-state index contributed by atoms with van der Waals surface area (Å²) in [6.45, 7) is 6.98. The number of halogens is 2. The first-order valence-corrected chi connectivity index (χ1v) is 6.47. The molecule has 0 aromatic carbocycles. The van der Waals surface area contributed by atoms with Gasteiger partial charge in [0.1, 0.15) is 0 Å². The second kappa shape index (κ2) is 8.20. The Balaban J connectivity index is 0.00000144. The van der Waals surface area contributed by atoms with Crippen LogP contribution in [-0.2, 0) is 4.79 Å². The topological polar surface area (TPSA) is 49.6 Å². The van der Waals surface area contributed by atoms with Crippen molar-refractivity contribution in [3.8, 4) is 0 Å². The first kappa shape index (κ1) is 18.0. The lowest BCUT2D eigenvalue weighted by Crippen LogP contribution is -2.53. The maximum Gasteiger partial charge on any atom is 0.239 e. The summed E-state index contributed by atoms with van der Waals surface area (Å²) in [5.41, 5.74) is 5.77. The number of carbonyl (C=O) groups excluding carboxylic acids is 1. The molecule has 0 spiro atoms. The maximum atomic E-state index is 11.9. The number of piperazine rings is 1. The van der Waals surface area contributed by atoms with Gasteiger partial charge in [0, 0.05) is 32.7 Å². The van der Waals surface area contributed by atoms with Gasteiger partial charge < -0.3 is 10.6 Å². The number of hydrogen-bond donors (Lipinski definition) is 1. The number of nitrogens with zero attached hydrogens (tertiary/aromatic N) is 2. The Bertz CT molecular complexity index is 254. The molecule has 2 fully saturated rings. The van der Waals surface area contributed by atoms with Gasteiger partial charge in [0.2, 0.25) is 5.91 Å². The van der Waals surface area contributed by atoms with Gasteiger partial charge in [-0.25, -0.2) is 0 Å². The van der Waals surface area contributed by atoms with Gasteiger partial charge in [-0.1, -0.05) is 6.92 Å². The van der Waals surface area contributed by atoms with Crippen LogP contribution in [0.2, 0.25) is 0 Å². The zero-order valence-corrected chi connectivity index (χ0v) is 12.6. The molecule has 0 bridgehead atoms. The highest BCUT2D eigenvalue weighted by molar-refractivity contribution is 5.85. The molecular weight excluding hydrogens is 273 g/mol. The highest BCUT2D eigenvalue weighted by atomic mass is 35.5. The molecule has 2 N–H and O–H groups in total. The SMILES string of the molecule is CC[C@H](N)C(=O)N1CCN(CC2CC2)CC1.Cl.Cl. The highest BCUT2D eigenvalue weighted by Crippen LogP contribution is 2.29. The molecule has 2 aliphatic rings. The van der Waals surface area contributed by atoms with E-state index in [1.807, 2.05) is 11.8 Å². The molecule has 1 amide bonds. The molecule has 1 saturated heterocycles. The van der Waals surface area contributed by atoms with Crippen molar-refractivity contribution in [1.29, 1.82) is 0 Å². The fraction of sp³-hybridized carbons (Fsp3) is 0.917. The van der Waals surface area contributed by atoms with Gasteiger partial charge in [-0.3, -0.25) is 9.69 Å². The van der Waals surface area contributed by atoms with Gasteiger partial charge >= 0.3 is 0 Å². The zero-order valence-electron chi connectivity index (χ0n) is 11.0. The van der Waals surface area contributed by atoms with Crippen molar-refractivity contribution < 1.29 is 4.79 Å². The van der Waals surface area contributed by atoms with Crippen molar-refractivity contribution in [2.45, 2.75) is 32.2 Å². The van der Waals surface area contributed by atoms with E-state index in [2.05, 4.69) is 4.90 Å². The summed E-state index contributed by atoms with van der Waals surface area (Å²) in [5.74, 6) is 1.08. The minimum Gasteiger partial charge on any atom is -0.339 e. The van der Waals surface area contributed by atoms with Crippen LogP contribution in [0.25, 0.3) is 0 Å². The molecule has 18 heavy (non-hydrogen) atoms. The van der Waals surface area contributed by atoms with Gasteiger partial charge in [-0.2, -0.15) is 0 Å². The minimum atomic E-state index is -0.296. The second-order valence-electron chi connectivity index (χ2n) is 5.08. The third-order valence-corrected chi connectivity index (χ3v) is 3.65. The number of nitrogens with two attached hydrogens (primary N) is 1. The van der Waals surface area contributed by atoms with Gasteiger partial charge in [-0.15, -0.1) is 24.8 Å². The Hall–Kier alpha value is -0.0300. The van der Waals surface area contributed by atoms with E-state index in [0.29, 0.717) is 0 Å². The van der Waals surface area contributed by atoms with Crippen molar-refractivity contribution in [3.63, 3.8) is 0 Å². The monoisotopic (exact) mass is 297 g/mol. The van der Waals surface area contributed by atoms with E-state index < -0.39 is 0 Å². The number of rotatable bonds is 4. The predicted molar refractivity (Wildman–Crippen MR) is 78.5 cm³/mol. The van der Waals surface area contributed by atoms with Crippen LogP contribution in [0.15, 0.2) is 0 Å². The maximum absolute atomic E-state index is 11.9. The molecule has 2 rings (SSSR count). The van der Waals surface area contributed by atoms with Crippen molar-refractivity contribution >= 4 is 30.7 Å². The number of carbonyl (C=O) groups is 1. The molecule has 1 heterocycles. The van der Waals surface area contributed by atoms with Gasteiger partial charge in [0.25, 0.3) is 0 Å². The van der Waals surface area contributed by atoms with Crippen LogP contribution >= 0.6 is 24.8 Å². The summed E-state index contributed by atoms with van der Waals surface area (Å²) in [6, 6.07) is -0.296. The van der Waals surface area contributed by atoms with E-state index in [9.17, 15) is 4.79 Å². The molecule has 1 aliphatic carbocycles. The fourth-order valence-electron chi connectivity index (χ4n) is 2.23. The third-order valence-electron chi connectivity index (χ3n) is 3.65. The number of amides is 1. The largest absolute Gasteiger partial charge is 0.339 e. The normalized spacial score (nSPS) is 21.8. The first-order valence-electron chi connectivity index (χ1n) is 6.47. The molecule has 1 aliphatic heterocycles. The average Bonchev–Trinajstić information content (AvgIpc) is 3.12. The van der Waals surface area contributed by atoms with Gasteiger partial charge in [0.15, 0.2) is 0 Å². The highest BCUT2D eigenvalue weighted by Gasteiger charge is 2.28. The summed E-state index contributed by atoms with van der Waals surface area (Å²) in [5, 5.41) is 0. The second-order valence-corrected chi connectivity index (χ2v) is 5.08. The van der Waals surface area contributed by atoms with E-state index in [1.165, 1.54) is 19.4 Å². The Morgan fingerprint density at radius 2 is 1.78 bits per heavy atom. The van der Waals surface area contributed by atoms with Crippen molar-refractivity contribution in [1.82, 2.24) is 9.80 Å². The lowest BCUT2D eigenvalue weighted by Gasteiger charge is -2.35. The molecule has 1 atom stereocenters. The van der Waals surface area contributed by atoms with Crippen LogP contribution < -0.4 is 5.73 Å². The van der Waals surface area contributed by atoms with E-state index in [1.54, 1.807) is 0 Å². The van der Waals surface area contributed by atoms with Gasteiger partial charge in [0.05, 0.1) is 6.04 Å². The smallest absolute Gasteiger partial charge is 0.239 e. The molecule has 0 aromatic heterocycles. The van der Waals surface area contributed by atoms with Crippen LogP contribution in [0.1, 0.15) is 26.2 Å². The number of hydrogen-bond acceptors (Lipinski definition) is 3. The zero-order chi connectivity index (χ0) is 11.5. The van der Waals surface area contributed by atoms with Crippen LogP contribution in [0.4, 0.5) is 0 Å². The molecule has 0 unspecified atom stereocenters. The van der Waals surface area contributed by atoms with Crippen molar-refractivity contribution in [2.24, 2.45) is 11.7 Å². The quantitative estimate of drug-likeness (QED) is 0.846. The van der Waals surface area contributed by atoms with Crippen molar-refractivity contribution in [2.75, 3.05) is 32.7 Å². The summed E-state index contributed by atoms with van der Waals surface area (Å²) in [7, 11) is 0. The molecule has 6 heteroatoms. The first-order chi connectivity index (χ1) is 7.70. The Labute approximate surface area is 122 Å². The van der Waals surface area contributed by atoms with Crippen LogP contribution in [0.5, 0.6) is 0 Å². The van der Waals surface area contributed by atoms with Crippen LogP contribution in [-0.4, -0.2) is 54.5 Å². The van der Waals surface area contributed by atoms with Crippen LogP contribution in [0.3, 0.4) is 0 Å². The molecule has 108 valence electrons. The fourth-order valence-corrected chi connectivity index (χ4v) is 2.23. The predicted octanol–water partition coefficient (Wildman–Crippen LogP) is 1.12. The molecular formula is C12H25Cl2N3O. The third kappa shape index (κ3) is 4.92. The summed E-state index contributed by atoms with van der Waals surface area (Å²) < 4.78 is 0. The Morgan fingerprint density at radius 1 is 1.22 bits per heavy atom. The average molecular weight is 298 g/mol. The summed E-state index contributed by atoms with van der Waals surface area (Å²) >= 11 is 0. The van der Waals surface area contributed by atoms with Crippen molar-refractivity contribution in [3.05, 3.63) is 0 Å². The summed E-state index contributed by atoms with van der Waals surface area (Å²) in [4.78, 5) is 16.3. The molecule has 0 aromatic rings. The molecule has 1 saturated carbocycles. The standard InChI is InChI=1S/C12H23N3O.2ClH/c1-2-11(13)12(16)15-7-5-14(6-8-15)9-10-3-4-10;;/h10-11H,2-9,13H2,1H3;2*1H/t11-;;/m0../s1. The Kier molecular flexibility index (Phi) is 8.19. The van der Waals surface area contributed by atoms with E-state index in [0.717, 1.165) is 38.5 Å². The lowest BCUT2D eigenvalue weighted by molar-refractivity contribution is -0.134. The van der Waals surface area contributed by atoms with E-state index in [-0.39, 0.29) is 36.8 Å². The summed E-state index contributed by atoms with van der Waals surface area (Å²) in [6.07, 6.45) is 3.54. The van der Waals surface area contributed by atoms with Crippen LogP contribution in [0, 0.1) is 5.92 Å². The van der Waals surface area contributed by atoms with Gasteiger partial charge in [-0.05, 0) is 25.2 Å². The lowest BCUT2D eigenvalue weighted by atomic mass is 10.2. The molecule has 4 nitrogen and oxygen atoms in total.